The lowest BCUT2D eigenvalue weighted by Crippen LogP contribution is -2.16. The van der Waals surface area contributed by atoms with Gasteiger partial charge >= 0.3 is 5.97 Å². The molecule has 0 unspecified atom stereocenters. The maximum absolute atomic E-state index is 11.7. The number of esters is 1. The molecule has 0 radical (unpaired) electrons. The molecule has 2 N–H and O–H groups in total. The Balaban J connectivity index is 2.37. The first-order chi connectivity index (χ1) is 8.57. The first-order valence-electron chi connectivity index (χ1n) is 5.60. The van der Waals surface area contributed by atoms with Gasteiger partial charge in [0.05, 0.1) is 31.2 Å². The van der Waals surface area contributed by atoms with Gasteiger partial charge < -0.3 is 19.9 Å². The number of hydrogen-bond acceptors (Lipinski definition) is 6. The predicted octanol–water partition coefficient (Wildman–Crippen LogP) is 0.131. The lowest BCUT2D eigenvalue weighted by Gasteiger charge is -2.06. The highest BCUT2D eigenvalue weighted by Gasteiger charge is 2.18. The molecule has 102 valence electrons. The predicted molar refractivity (Wildman–Crippen MR) is 65.3 cm³/mol. The Labute approximate surface area is 106 Å². The van der Waals surface area contributed by atoms with Crippen molar-refractivity contribution in [2.45, 2.75) is 6.92 Å². The lowest BCUT2D eigenvalue weighted by atomic mass is 10.3. The van der Waals surface area contributed by atoms with E-state index in [1.165, 1.54) is 4.68 Å². The number of aryl methyl sites for hydroxylation is 2. The Morgan fingerprint density at radius 2 is 2.00 bits per heavy atom. The van der Waals surface area contributed by atoms with E-state index >= 15 is 0 Å². The van der Waals surface area contributed by atoms with Crippen molar-refractivity contribution in [3.63, 3.8) is 0 Å². The summed E-state index contributed by atoms with van der Waals surface area (Å²) in [6.45, 7) is 3.22. The monoisotopic (exact) mass is 257 g/mol. The summed E-state index contributed by atoms with van der Waals surface area (Å²) >= 11 is 0. The molecule has 7 heteroatoms. The zero-order valence-corrected chi connectivity index (χ0v) is 10.9. The molecular formula is C11H19N3O4. The summed E-state index contributed by atoms with van der Waals surface area (Å²) in [4.78, 5) is 11.7. The van der Waals surface area contributed by atoms with E-state index in [-0.39, 0.29) is 12.3 Å². The third-order valence-corrected chi connectivity index (χ3v) is 2.35. The van der Waals surface area contributed by atoms with Gasteiger partial charge in [0.1, 0.15) is 6.61 Å². The van der Waals surface area contributed by atoms with Gasteiger partial charge in [0.2, 0.25) is 0 Å². The van der Waals surface area contributed by atoms with E-state index in [4.69, 9.17) is 19.9 Å². The van der Waals surface area contributed by atoms with Gasteiger partial charge in [-0.25, -0.2) is 4.79 Å². The van der Waals surface area contributed by atoms with E-state index < -0.39 is 5.97 Å². The normalized spacial score (nSPS) is 10.6. The summed E-state index contributed by atoms with van der Waals surface area (Å²) in [5.74, 6) is -0.494. The standard InChI is InChI=1S/C11H19N3O4/c1-8-9(12)10(14(2)13-8)11(15)18-7-6-17-5-4-16-3/h4-7,12H2,1-3H3. The van der Waals surface area contributed by atoms with Crippen LogP contribution in [-0.4, -0.2) is 49.3 Å². The number of ether oxygens (including phenoxy) is 3. The number of methoxy groups -OCH3 is 1. The number of hydrogen-bond donors (Lipinski definition) is 1. The third-order valence-electron chi connectivity index (χ3n) is 2.35. The minimum atomic E-state index is -0.494. The summed E-state index contributed by atoms with van der Waals surface area (Å²) < 4.78 is 16.4. The first-order valence-corrected chi connectivity index (χ1v) is 5.60. The van der Waals surface area contributed by atoms with Crippen molar-refractivity contribution in [2.24, 2.45) is 7.05 Å². The molecule has 0 fully saturated rings. The van der Waals surface area contributed by atoms with Crippen LogP contribution in [0.5, 0.6) is 0 Å². The van der Waals surface area contributed by atoms with Crippen molar-refractivity contribution >= 4 is 11.7 Å². The van der Waals surface area contributed by atoms with Crippen LogP contribution in [0.25, 0.3) is 0 Å². The molecule has 0 saturated carbocycles. The van der Waals surface area contributed by atoms with E-state index in [0.29, 0.717) is 31.2 Å². The summed E-state index contributed by atoms with van der Waals surface area (Å²) in [7, 11) is 3.24. The molecule has 1 heterocycles. The van der Waals surface area contributed by atoms with Crippen LogP contribution in [0.4, 0.5) is 5.69 Å². The van der Waals surface area contributed by atoms with Gasteiger partial charge in [0.15, 0.2) is 5.69 Å². The molecule has 0 aliphatic rings. The van der Waals surface area contributed by atoms with Crippen LogP contribution in [0.15, 0.2) is 0 Å². The number of anilines is 1. The Morgan fingerprint density at radius 3 is 2.56 bits per heavy atom. The number of nitrogens with zero attached hydrogens (tertiary/aromatic N) is 2. The molecule has 0 atom stereocenters. The fourth-order valence-electron chi connectivity index (χ4n) is 1.42. The van der Waals surface area contributed by atoms with E-state index in [2.05, 4.69) is 5.10 Å². The van der Waals surface area contributed by atoms with Crippen LogP contribution in [0.2, 0.25) is 0 Å². The Morgan fingerprint density at radius 1 is 1.33 bits per heavy atom. The van der Waals surface area contributed by atoms with Crippen molar-refractivity contribution < 1.29 is 19.0 Å². The number of nitrogens with two attached hydrogens (primary N) is 1. The lowest BCUT2D eigenvalue weighted by molar-refractivity contribution is 0.0206. The van der Waals surface area contributed by atoms with Crippen LogP contribution < -0.4 is 5.73 Å². The highest BCUT2D eigenvalue weighted by atomic mass is 16.6. The van der Waals surface area contributed by atoms with Crippen molar-refractivity contribution in [1.29, 1.82) is 0 Å². The summed E-state index contributed by atoms with van der Waals surface area (Å²) in [5, 5.41) is 4.04. The van der Waals surface area contributed by atoms with Gasteiger partial charge in [-0.2, -0.15) is 5.10 Å². The molecule has 1 rings (SSSR count). The van der Waals surface area contributed by atoms with Crippen LogP contribution in [0, 0.1) is 6.92 Å². The molecular weight excluding hydrogens is 238 g/mol. The first kappa shape index (κ1) is 14.5. The zero-order valence-electron chi connectivity index (χ0n) is 10.9. The van der Waals surface area contributed by atoms with Crippen molar-refractivity contribution in [3.8, 4) is 0 Å². The van der Waals surface area contributed by atoms with Gasteiger partial charge in [-0.05, 0) is 6.92 Å². The maximum Gasteiger partial charge on any atom is 0.358 e. The average Bonchev–Trinajstić information content (AvgIpc) is 2.58. The maximum atomic E-state index is 11.7. The number of rotatable bonds is 7. The molecule has 7 nitrogen and oxygen atoms in total. The molecule has 0 saturated heterocycles. The Hall–Kier alpha value is -1.60. The highest BCUT2D eigenvalue weighted by Crippen LogP contribution is 2.15. The van der Waals surface area contributed by atoms with Crippen LogP contribution in [0.1, 0.15) is 16.2 Å². The Kier molecular flexibility index (Phi) is 5.60. The zero-order chi connectivity index (χ0) is 13.5. The van der Waals surface area contributed by atoms with E-state index in [1.807, 2.05) is 0 Å². The van der Waals surface area contributed by atoms with Gasteiger partial charge in [-0.15, -0.1) is 0 Å². The number of aromatic nitrogens is 2. The van der Waals surface area contributed by atoms with Crippen LogP contribution in [0.3, 0.4) is 0 Å². The fourth-order valence-corrected chi connectivity index (χ4v) is 1.42. The minimum absolute atomic E-state index is 0.173. The fraction of sp³-hybridized carbons (Fsp3) is 0.636. The van der Waals surface area contributed by atoms with Crippen LogP contribution >= 0.6 is 0 Å². The number of carbonyl (C=O) groups excluding carboxylic acids is 1. The molecule has 0 aliphatic heterocycles. The molecule has 0 spiro atoms. The average molecular weight is 257 g/mol. The molecule has 0 aromatic carbocycles. The van der Waals surface area contributed by atoms with Crippen molar-refractivity contribution in [3.05, 3.63) is 11.4 Å². The second-order valence-corrected chi connectivity index (χ2v) is 3.71. The van der Waals surface area contributed by atoms with E-state index in [9.17, 15) is 4.79 Å². The van der Waals surface area contributed by atoms with Crippen molar-refractivity contribution in [2.75, 3.05) is 39.3 Å². The van der Waals surface area contributed by atoms with E-state index in [1.54, 1.807) is 21.1 Å². The van der Waals surface area contributed by atoms with Gasteiger partial charge in [-0.3, -0.25) is 4.68 Å². The highest BCUT2D eigenvalue weighted by molar-refractivity contribution is 5.93. The number of carbonyl (C=O) groups is 1. The third kappa shape index (κ3) is 3.71. The molecule has 1 aromatic rings. The molecule has 1 aromatic heterocycles. The van der Waals surface area contributed by atoms with E-state index in [0.717, 1.165) is 0 Å². The second-order valence-electron chi connectivity index (χ2n) is 3.71. The molecule has 18 heavy (non-hydrogen) atoms. The van der Waals surface area contributed by atoms with Crippen molar-refractivity contribution in [1.82, 2.24) is 9.78 Å². The van der Waals surface area contributed by atoms with Gasteiger partial charge in [-0.1, -0.05) is 0 Å². The molecule has 0 bridgehead atoms. The molecule has 0 aliphatic carbocycles. The SMILES string of the molecule is COCCOCCOC(=O)c1c(N)c(C)nn1C. The summed E-state index contributed by atoms with van der Waals surface area (Å²) in [5.41, 5.74) is 6.97. The molecule has 0 amide bonds. The smallest absolute Gasteiger partial charge is 0.358 e. The number of nitrogen functional groups attached to an aromatic ring is 1. The summed E-state index contributed by atoms with van der Waals surface area (Å²) in [6, 6.07) is 0. The topological polar surface area (TPSA) is 88.6 Å². The largest absolute Gasteiger partial charge is 0.458 e. The second kappa shape index (κ2) is 6.97. The van der Waals surface area contributed by atoms with Gasteiger partial charge in [0, 0.05) is 14.2 Å². The Bertz CT molecular complexity index is 403. The van der Waals surface area contributed by atoms with Crippen LogP contribution in [-0.2, 0) is 21.3 Å². The van der Waals surface area contributed by atoms with Gasteiger partial charge in [0.25, 0.3) is 0 Å². The summed E-state index contributed by atoms with van der Waals surface area (Å²) in [6.07, 6.45) is 0. The minimum Gasteiger partial charge on any atom is -0.458 e. The quantitative estimate of drug-likeness (QED) is 0.551.